The van der Waals surface area contributed by atoms with Crippen LogP contribution in [0.4, 0.5) is 5.69 Å². The van der Waals surface area contributed by atoms with E-state index >= 15 is 0 Å². The maximum atomic E-state index is 11.4. The van der Waals surface area contributed by atoms with Crippen LogP contribution in [0.1, 0.15) is 9.67 Å². The summed E-state index contributed by atoms with van der Waals surface area (Å²) in [5.74, 6) is -0.823. The van der Waals surface area contributed by atoms with Crippen molar-refractivity contribution in [3.63, 3.8) is 0 Å². The largest absolute Gasteiger partial charge is 0.451 e. The topological polar surface area (TPSA) is 72.6 Å². The number of likely N-dealkylation sites (N-methyl/N-ethyl adjacent to an activating group) is 1. The predicted octanol–water partition coefficient (Wildman–Crippen LogP) is 0.575. The van der Waals surface area contributed by atoms with Gasteiger partial charge in [0.2, 0.25) is 0 Å². The molecule has 82 valence electrons. The van der Waals surface area contributed by atoms with Gasteiger partial charge in [-0.05, 0) is 11.4 Å². The molecule has 1 amide bonds. The number of nitrogen functional groups attached to an aromatic ring is 1. The molecule has 0 aromatic carbocycles. The van der Waals surface area contributed by atoms with Crippen LogP contribution < -0.4 is 5.73 Å². The lowest BCUT2D eigenvalue weighted by atomic mass is 10.4. The molecule has 5 nitrogen and oxygen atoms in total. The molecule has 15 heavy (non-hydrogen) atoms. The van der Waals surface area contributed by atoms with Crippen LogP contribution in [0, 0.1) is 0 Å². The molecule has 0 saturated heterocycles. The second kappa shape index (κ2) is 4.79. The highest BCUT2D eigenvalue weighted by atomic mass is 32.1. The molecule has 0 radical (unpaired) electrons. The van der Waals surface area contributed by atoms with Crippen LogP contribution in [0.3, 0.4) is 0 Å². The van der Waals surface area contributed by atoms with Crippen molar-refractivity contribution in [1.82, 2.24) is 4.90 Å². The third-order valence-corrected chi connectivity index (χ3v) is 2.62. The summed E-state index contributed by atoms with van der Waals surface area (Å²) >= 11 is 1.19. The Bertz CT molecular complexity index is 373. The number of thiophene rings is 1. The normalized spacial score (nSPS) is 9.73. The number of rotatable bonds is 3. The lowest BCUT2D eigenvalue weighted by Crippen LogP contribution is -2.27. The summed E-state index contributed by atoms with van der Waals surface area (Å²) in [6.07, 6.45) is 0. The Morgan fingerprint density at radius 3 is 2.67 bits per heavy atom. The summed E-state index contributed by atoms with van der Waals surface area (Å²) in [6.45, 7) is -0.261. The first kappa shape index (κ1) is 11.5. The molecule has 1 aromatic heterocycles. The molecule has 1 heterocycles. The van der Waals surface area contributed by atoms with E-state index in [0.717, 1.165) is 0 Å². The van der Waals surface area contributed by atoms with E-state index in [0.29, 0.717) is 10.6 Å². The summed E-state index contributed by atoms with van der Waals surface area (Å²) in [7, 11) is 3.19. The second-order valence-electron chi connectivity index (χ2n) is 3.07. The van der Waals surface area contributed by atoms with Crippen LogP contribution in [0.2, 0.25) is 0 Å². The fourth-order valence-electron chi connectivity index (χ4n) is 0.807. The quantitative estimate of drug-likeness (QED) is 0.768. The number of ether oxygens (including phenoxy) is 1. The summed E-state index contributed by atoms with van der Waals surface area (Å²) in [5, 5.41) is 1.69. The Morgan fingerprint density at radius 2 is 2.20 bits per heavy atom. The Morgan fingerprint density at radius 1 is 1.53 bits per heavy atom. The van der Waals surface area contributed by atoms with Crippen molar-refractivity contribution < 1.29 is 14.3 Å². The fourth-order valence-corrected chi connectivity index (χ4v) is 1.52. The maximum absolute atomic E-state index is 11.4. The highest BCUT2D eigenvalue weighted by Gasteiger charge is 2.14. The van der Waals surface area contributed by atoms with E-state index in [4.69, 9.17) is 10.5 Å². The van der Waals surface area contributed by atoms with Gasteiger partial charge in [0.25, 0.3) is 5.91 Å². The zero-order valence-electron chi connectivity index (χ0n) is 8.52. The van der Waals surface area contributed by atoms with E-state index in [1.165, 1.54) is 16.2 Å². The third-order valence-electron chi connectivity index (χ3n) is 1.71. The van der Waals surface area contributed by atoms with E-state index < -0.39 is 5.97 Å². The van der Waals surface area contributed by atoms with Gasteiger partial charge in [-0.2, -0.15) is 0 Å². The van der Waals surface area contributed by atoms with E-state index in [9.17, 15) is 9.59 Å². The molecule has 0 saturated carbocycles. The molecule has 0 aliphatic rings. The van der Waals surface area contributed by atoms with Crippen molar-refractivity contribution >= 4 is 28.9 Å². The zero-order chi connectivity index (χ0) is 11.4. The number of hydrogen-bond donors (Lipinski definition) is 1. The summed E-state index contributed by atoms with van der Waals surface area (Å²) in [4.78, 5) is 24.2. The van der Waals surface area contributed by atoms with Gasteiger partial charge in [0.1, 0.15) is 4.88 Å². The molecule has 0 fully saturated rings. The van der Waals surface area contributed by atoms with E-state index in [-0.39, 0.29) is 12.5 Å². The Hall–Kier alpha value is -1.56. The van der Waals surface area contributed by atoms with Crippen LogP contribution in [0.25, 0.3) is 0 Å². The van der Waals surface area contributed by atoms with Gasteiger partial charge >= 0.3 is 5.97 Å². The number of esters is 1. The highest BCUT2D eigenvalue weighted by Crippen LogP contribution is 2.19. The molecule has 0 aliphatic carbocycles. The molecule has 1 rings (SSSR count). The number of carbonyl (C=O) groups excluding carboxylic acids is 2. The van der Waals surface area contributed by atoms with Crippen LogP contribution >= 0.6 is 11.3 Å². The fraction of sp³-hybridized carbons (Fsp3) is 0.333. The highest BCUT2D eigenvalue weighted by molar-refractivity contribution is 7.12. The van der Waals surface area contributed by atoms with E-state index in [2.05, 4.69) is 0 Å². The standard InChI is InChI=1S/C9H12N2O3S/c1-11(2)7(12)5-14-9(13)8-6(10)3-4-15-8/h3-4H,5,10H2,1-2H3. The monoisotopic (exact) mass is 228 g/mol. The van der Waals surface area contributed by atoms with Crippen molar-refractivity contribution in [2.75, 3.05) is 26.4 Å². The minimum Gasteiger partial charge on any atom is -0.451 e. The van der Waals surface area contributed by atoms with Crippen molar-refractivity contribution in [3.8, 4) is 0 Å². The number of nitrogens with zero attached hydrogens (tertiary/aromatic N) is 1. The minimum absolute atomic E-state index is 0.261. The summed E-state index contributed by atoms with van der Waals surface area (Å²) < 4.78 is 4.79. The van der Waals surface area contributed by atoms with Crippen molar-refractivity contribution in [3.05, 3.63) is 16.3 Å². The molecule has 2 N–H and O–H groups in total. The van der Waals surface area contributed by atoms with Gasteiger partial charge in [0.15, 0.2) is 6.61 Å². The molecule has 0 spiro atoms. The van der Waals surface area contributed by atoms with Crippen molar-refractivity contribution in [2.24, 2.45) is 0 Å². The number of amides is 1. The van der Waals surface area contributed by atoms with Crippen LogP contribution in [0.15, 0.2) is 11.4 Å². The second-order valence-corrected chi connectivity index (χ2v) is 3.99. The third kappa shape index (κ3) is 2.95. The lowest BCUT2D eigenvalue weighted by Gasteiger charge is -2.09. The average Bonchev–Trinajstić information content (AvgIpc) is 2.60. The molecule has 0 atom stereocenters. The van der Waals surface area contributed by atoms with Gasteiger partial charge in [-0.15, -0.1) is 11.3 Å². The SMILES string of the molecule is CN(C)C(=O)COC(=O)c1sccc1N. The minimum atomic E-state index is -0.558. The van der Waals surface area contributed by atoms with Crippen LogP contribution in [-0.2, 0) is 9.53 Å². The van der Waals surface area contributed by atoms with Gasteiger partial charge in [-0.3, -0.25) is 4.79 Å². The van der Waals surface area contributed by atoms with Gasteiger partial charge < -0.3 is 15.4 Å². The van der Waals surface area contributed by atoms with Crippen LogP contribution in [-0.4, -0.2) is 37.5 Å². The molecular formula is C9H12N2O3S. The number of anilines is 1. The molecule has 0 bridgehead atoms. The first-order chi connectivity index (χ1) is 7.02. The number of nitrogens with two attached hydrogens (primary N) is 1. The zero-order valence-corrected chi connectivity index (χ0v) is 9.34. The molecule has 0 aliphatic heterocycles. The van der Waals surface area contributed by atoms with Gasteiger partial charge in [0, 0.05) is 14.1 Å². The van der Waals surface area contributed by atoms with Crippen molar-refractivity contribution in [2.45, 2.75) is 0 Å². The summed E-state index contributed by atoms with van der Waals surface area (Å²) in [5.41, 5.74) is 5.90. The van der Waals surface area contributed by atoms with E-state index in [1.807, 2.05) is 0 Å². The smallest absolute Gasteiger partial charge is 0.350 e. The number of carbonyl (C=O) groups is 2. The molecular weight excluding hydrogens is 216 g/mol. The Balaban J connectivity index is 2.51. The van der Waals surface area contributed by atoms with Gasteiger partial charge in [0.05, 0.1) is 5.69 Å². The van der Waals surface area contributed by atoms with Gasteiger partial charge in [-0.1, -0.05) is 0 Å². The number of hydrogen-bond acceptors (Lipinski definition) is 5. The van der Waals surface area contributed by atoms with E-state index in [1.54, 1.807) is 25.5 Å². The maximum Gasteiger partial charge on any atom is 0.350 e. The first-order valence-corrected chi connectivity index (χ1v) is 5.10. The van der Waals surface area contributed by atoms with Crippen molar-refractivity contribution in [1.29, 1.82) is 0 Å². The predicted molar refractivity (Wildman–Crippen MR) is 57.7 cm³/mol. The first-order valence-electron chi connectivity index (χ1n) is 4.22. The molecule has 6 heteroatoms. The Labute approximate surface area is 91.4 Å². The average molecular weight is 228 g/mol. The summed E-state index contributed by atoms with van der Waals surface area (Å²) in [6, 6.07) is 1.62. The molecule has 1 aromatic rings. The van der Waals surface area contributed by atoms with Gasteiger partial charge in [-0.25, -0.2) is 4.79 Å². The Kier molecular flexibility index (Phi) is 3.68. The van der Waals surface area contributed by atoms with Crippen LogP contribution in [0.5, 0.6) is 0 Å². The lowest BCUT2D eigenvalue weighted by molar-refractivity contribution is -0.131. The molecule has 0 unspecified atom stereocenters.